The Bertz CT molecular complexity index is 2860. The van der Waals surface area contributed by atoms with Crippen molar-refractivity contribution in [3.05, 3.63) is 182 Å². The maximum absolute atomic E-state index is 11.9. The first-order valence-electron chi connectivity index (χ1n) is 19.8. The number of methoxy groups -OCH3 is 2. The van der Waals surface area contributed by atoms with E-state index in [0.29, 0.717) is 57.4 Å². The topological polar surface area (TPSA) is 192 Å². The number of esters is 2. The fourth-order valence-corrected chi connectivity index (χ4v) is 7.36. The van der Waals surface area contributed by atoms with E-state index < -0.39 is 11.9 Å². The molecular formula is C50H47Br2ClK2N6O7. The van der Waals surface area contributed by atoms with Gasteiger partial charge in [0.1, 0.15) is 11.4 Å². The molecule has 0 fully saturated rings. The maximum atomic E-state index is 11.9. The summed E-state index contributed by atoms with van der Waals surface area (Å²) in [5.41, 5.74) is 14.6. The number of fused-ring (bicyclic) bond motifs is 2. The Hall–Kier alpha value is -3.35. The SMILES string of the molecule is C.COC(=O)c1ccc2nc(-c3ccccc3)c(Cl)nc2c1.COC(=O)c1ccc2nc(-c3ccccc3)c(NCCc3ccccc3Br)nc2c1.NCCc1ccccc1Br.O=CO[O-].[H-].[K+].[K+]. The molecule has 0 unspecified atom stereocenters. The fraction of sp³-hybridized carbons (Fsp3) is 0.140. The van der Waals surface area contributed by atoms with Gasteiger partial charge in [0.25, 0.3) is 6.47 Å². The van der Waals surface area contributed by atoms with Crippen molar-refractivity contribution in [3.8, 4) is 22.5 Å². The number of nitrogens with two attached hydrogens (primary N) is 1. The number of rotatable bonds is 11. The predicted octanol–water partition coefficient (Wildman–Crippen LogP) is 4.38. The fourth-order valence-electron chi connectivity index (χ4n) is 6.15. The summed E-state index contributed by atoms with van der Waals surface area (Å²) < 4.78 is 11.8. The first-order chi connectivity index (χ1) is 31.6. The second kappa shape index (κ2) is 32.5. The zero-order chi connectivity index (χ0) is 46.6. The van der Waals surface area contributed by atoms with Crippen LogP contribution in [0.3, 0.4) is 0 Å². The van der Waals surface area contributed by atoms with Crippen LogP contribution >= 0.6 is 43.5 Å². The molecule has 68 heavy (non-hydrogen) atoms. The number of carbonyl (C=O) groups is 3. The van der Waals surface area contributed by atoms with E-state index in [0.717, 1.165) is 44.1 Å². The third-order valence-electron chi connectivity index (χ3n) is 9.28. The van der Waals surface area contributed by atoms with Crippen LogP contribution in [0.2, 0.25) is 5.15 Å². The quantitative estimate of drug-likeness (QED) is 0.0611. The number of aromatic nitrogens is 4. The van der Waals surface area contributed by atoms with E-state index in [9.17, 15) is 9.59 Å². The minimum Gasteiger partial charge on any atom is -1.00 e. The smallest absolute Gasteiger partial charge is 1.00 e. The average molecular weight is 1120 g/mol. The minimum atomic E-state index is -0.415. The van der Waals surface area contributed by atoms with Gasteiger partial charge in [-0.3, -0.25) is 4.79 Å². The zero-order valence-electron chi connectivity index (χ0n) is 38.1. The first kappa shape index (κ1) is 60.8. The van der Waals surface area contributed by atoms with Crippen LogP contribution in [-0.4, -0.2) is 65.7 Å². The van der Waals surface area contributed by atoms with Gasteiger partial charge in [0.2, 0.25) is 0 Å². The second-order valence-corrected chi connectivity index (χ2v) is 15.6. The Morgan fingerprint density at radius 1 is 0.647 bits per heavy atom. The van der Waals surface area contributed by atoms with E-state index in [1.165, 1.54) is 25.3 Å². The predicted molar refractivity (Wildman–Crippen MR) is 266 cm³/mol. The molecule has 2 aromatic heterocycles. The first-order valence-corrected chi connectivity index (χ1v) is 21.8. The molecule has 0 aliphatic carbocycles. The summed E-state index contributed by atoms with van der Waals surface area (Å²) in [6.07, 6.45) is 1.78. The molecule has 8 aromatic rings. The van der Waals surface area contributed by atoms with Crippen molar-refractivity contribution >= 4 is 89.8 Å². The van der Waals surface area contributed by atoms with Crippen molar-refractivity contribution in [2.45, 2.75) is 20.3 Å². The summed E-state index contributed by atoms with van der Waals surface area (Å²) in [6, 6.07) is 46.1. The Kier molecular flexibility index (Phi) is 29.1. The number of ether oxygens (including phenoxy) is 2. The summed E-state index contributed by atoms with van der Waals surface area (Å²) in [7, 11) is 2.70. The normalized spacial score (nSPS) is 9.75. The molecule has 0 radical (unpaired) electrons. The van der Waals surface area contributed by atoms with Gasteiger partial charge in [-0.15, -0.1) is 0 Å². The number of carbonyl (C=O) groups excluding carboxylic acids is 3. The monoisotopic (exact) mass is 1110 g/mol. The van der Waals surface area contributed by atoms with Gasteiger partial charge < -0.3 is 32.1 Å². The third-order valence-corrected chi connectivity index (χ3v) is 11.1. The van der Waals surface area contributed by atoms with Crippen LogP contribution in [0.1, 0.15) is 40.7 Å². The summed E-state index contributed by atoms with van der Waals surface area (Å²) in [4.78, 5) is 53.1. The molecule has 8 rings (SSSR count). The van der Waals surface area contributed by atoms with Crippen molar-refractivity contribution in [2.75, 3.05) is 32.6 Å². The van der Waals surface area contributed by atoms with Gasteiger partial charge in [0.15, 0.2) is 11.0 Å². The summed E-state index contributed by atoms with van der Waals surface area (Å²) >= 11 is 13.3. The number of halogens is 3. The molecule has 0 atom stereocenters. The van der Waals surface area contributed by atoms with Crippen LogP contribution in [-0.2, 0) is 32.0 Å². The number of benzene rings is 6. The molecular weight excluding hydrogens is 1070 g/mol. The van der Waals surface area contributed by atoms with Gasteiger partial charge in [0.05, 0.1) is 47.4 Å². The van der Waals surface area contributed by atoms with Crippen molar-refractivity contribution in [3.63, 3.8) is 0 Å². The van der Waals surface area contributed by atoms with Gasteiger partial charge in [-0.25, -0.2) is 29.5 Å². The molecule has 342 valence electrons. The molecule has 0 aliphatic rings. The molecule has 6 aromatic carbocycles. The van der Waals surface area contributed by atoms with Gasteiger partial charge in [0, 0.05) is 26.6 Å². The molecule has 0 aliphatic heterocycles. The molecule has 0 bridgehead atoms. The third kappa shape index (κ3) is 18.1. The summed E-state index contributed by atoms with van der Waals surface area (Å²) in [6.45, 7) is 1.22. The number of anilines is 1. The minimum absolute atomic E-state index is 0. The molecule has 18 heteroatoms. The molecule has 0 amide bonds. The van der Waals surface area contributed by atoms with Crippen LogP contribution in [0.4, 0.5) is 5.82 Å². The van der Waals surface area contributed by atoms with E-state index in [4.69, 9.17) is 42.1 Å². The number of nitrogens with zero attached hydrogens (tertiary/aromatic N) is 4. The van der Waals surface area contributed by atoms with E-state index in [2.05, 4.69) is 68.9 Å². The average Bonchev–Trinajstić information content (AvgIpc) is 3.35. The second-order valence-electron chi connectivity index (χ2n) is 13.5. The standard InChI is InChI=1S/C24H20BrN3O2.C16H11ClN2O2.C8H10BrN.CH2O3.CH4.2K.H/c1-30-24(29)18-11-12-20-21(15-18)28-23(22(27-20)17-8-3-2-4-9-17)26-14-13-16-7-5-6-10-19(16)25;1-21-16(20)11-7-8-12-13(9-11)19-15(17)14(18-12)10-5-3-2-4-6-10;9-8-4-2-1-3-7(8)5-6-10;2-1-4-3;;;;/h2-12,15H,13-14H2,1H3,(H,26,28);2-9H,1H3;1-4H,5-6,10H2;1,3H;1H4;;;/q;;;;;2*+1;-1/p-1. The van der Waals surface area contributed by atoms with Gasteiger partial charge >= 0.3 is 115 Å². The Balaban J connectivity index is 0.000000532. The molecule has 2 heterocycles. The van der Waals surface area contributed by atoms with Crippen molar-refractivity contribution in [1.82, 2.24) is 19.9 Å². The number of nitrogens with one attached hydrogen (secondary N) is 1. The summed E-state index contributed by atoms with van der Waals surface area (Å²) in [5.74, 6) is -0.126. The van der Waals surface area contributed by atoms with Crippen LogP contribution in [0.15, 0.2) is 155 Å². The van der Waals surface area contributed by atoms with Gasteiger partial charge in [-0.1, -0.05) is 148 Å². The molecule has 3 N–H and O–H groups in total. The van der Waals surface area contributed by atoms with Gasteiger partial charge in [-0.2, -0.15) is 0 Å². The number of hydrogen-bond donors (Lipinski definition) is 2. The largest absolute Gasteiger partial charge is 1.00 e. The number of hydrogen-bond acceptors (Lipinski definition) is 13. The summed E-state index contributed by atoms with van der Waals surface area (Å²) in [5, 5.41) is 12.2. The van der Waals surface area contributed by atoms with E-state index >= 15 is 0 Å². The van der Waals surface area contributed by atoms with Crippen LogP contribution in [0.25, 0.3) is 44.6 Å². The van der Waals surface area contributed by atoms with Gasteiger partial charge in [-0.05, 0) is 79.0 Å². The van der Waals surface area contributed by atoms with E-state index in [1.807, 2.05) is 97.1 Å². The van der Waals surface area contributed by atoms with E-state index in [1.54, 1.807) is 36.4 Å². The molecule has 0 spiro atoms. The Morgan fingerprint density at radius 3 is 1.53 bits per heavy atom. The van der Waals surface area contributed by atoms with Crippen LogP contribution < -0.4 is 119 Å². The van der Waals surface area contributed by atoms with Crippen LogP contribution in [0, 0.1) is 0 Å². The zero-order valence-corrected chi connectivity index (χ0v) is 47.3. The van der Waals surface area contributed by atoms with Crippen molar-refractivity contribution in [1.29, 1.82) is 0 Å². The molecule has 0 saturated heterocycles. The van der Waals surface area contributed by atoms with Crippen LogP contribution in [0.5, 0.6) is 0 Å². The molecule has 13 nitrogen and oxygen atoms in total. The Labute approximate surface area is 503 Å². The van der Waals surface area contributed by atoms with E-state index in [-0.39, 0.29) is 118 Å². The molecule has 0 saturated carbocycles. The Morgan fingerprint density at radius 2 is 1.07 bits per heavy atom. The van der Waals surface area contributed by atoms with Crippen molar-refractivity contribution < 1.29 is 138 Å². The van der Waals surface area contributed by atoms with Crippen molar-refractivity contribution in [2.24, 2.45) is 5.73 Å². The maximum Gasteiger partial charge on any atom is 1.00 e.